The largest absolute Gasteiger partial charge is 0.480 e. The van der Waals surface area contributed by atoms with Crippen LogP contribution in [0.3, 0.4) is 0 Å². The fraction of sp³-hybridized carbons (Fsp3) is 0.929. The molecule has 112 valence electrons. The van der Waals surface area contributed by atoms with Crippen molar-refractivity contribution >= 4 is 5.97 Å². The number of hydrogen-bond acceptors (Lipinski definition) is 4. The van der Waals surface area contributed by atoms with Gasteiger partial charge in [-0.2, -0.15) is 0 Å². The summed E-state index contributed by atoms with van der Waals surface area (Å²) in [7, 11) is 1.83. The molecule has 1 unspecified atom stereocenters. The van der Waals surface area contributed by atoms with Crippen LogP contribution in [0.1, 0.15) is 26.7 Å². The topological polar surface area (TPSA) is 53.0 Å². The second kappa shape index (κ2) is 8.51. The van der Waals surface area contributed by atoms with Crippen molar-refractivity contribution in [2.45, 2.75) is 32.8 Å². The van der Waals surface area contributed by atoms with Gasteiger partial charge in [0.1, 0.15) is 0 Å². The summed E-state index contributed by atoms with van der Waals surface area (Å²) in [6.07, 6.45) is 2.63. The number of carboxylic acids is 1. The van der Waals surface area contributed by atoms with Gasteiger partial charge in [0.25, 0.3) is 0 Å². The SMILES string of the molecule is CC(C)CCCN1CCOC(CN(C)CC(=O)O)C1. The molecule has 0 bridgehead atoms. The smallest absolute Gasteiger partial charge is 0.317 e. The Morgan fingerprint density at radius 1 is 1.53 bits per heavy atom. The molecule has 0 aromatic heterocycles. The van der Waals surface area contributed by atoms with Crippen LogP contribution in [0.25, 0.3) is 0 Å². The predicted molar refractivity (Wildman–Crippen MR) is 75.4 cm³/mol. The van der Waals surface area contributed by atoms with Gasteiger partial charge in [-0.15, -0.1) is 0 Å². The molecule has 5 heteroatoms. The van der Waals surface area contributed by atoms with E-state index in [1.807, 2.05) is 11.9 Å². The molecule has 1 atom stereocenters. The van der Waals surface area contributed by atoms with E-state index >= 15 is 0 Å². The molecule has 1 aliphatic rings. The molecule has 0 aromatic rings. The highest BCUT2D eigenvalue weighted by atomic mass is 16.5. The van der Waals surface area contributed by atoms with Crippen molar-refractivity contribution in [1.82, 2.24) is 9.80 Å². The highest BCUT2D eigenvalue weighted by Gasteiger charge is 2.21. The highest BCUT2D eigenvalue weighted by molar-refractivity contribution is 5.68. The lowest BCUT2D eigenvalue weighted by Gasteiger charge is -2.34. The zero-order chi connectivity index (χ0) is 14.3. The van der Waals surface area contributed by atoms with Gasteiger partial charge in [0.2, 0.25) is 0 Å². The van der Waals surface area contributed by atoms with Gasteiger partial charge in [0.15, 0.2) is 0 Å². The number of morpholine rings is 1. The average molecular weight is 272 g/mol. The Bertz CT molecular complexity index is 271. The van der Waals surface area contributed by atoms with E-state index in [9.17, 15) is 4.79 Å². The summed E-state index contributed by atoms with van der Waals surface area (Å²) >= 11 is 0. The van der Waals surface area contributed by atoms with E-state index in [4.69, 9.17) is 9.84 Å². The van der Waals surface area contributed by atoms with E-state index in [1.54, 1.807) is 0 Å². The third-order valence-corrected chi connectivity index (χ3v) is 3.40. The highest BCUT2D eigenvalue weighted by Crippen LogP contribution is 2.10. The van der Waals surface area contributed by atoms with Crippen molar-refractivity contribution in [2.75, 3.05) is 46.4 Å². The van der Waals surface area contributed by atoms with Crippen LogP contribution in [-0.2, 0) is 9.53 Å². The average Bonchev–Trinajstić information content (AvgIpc) is 2.27. The molecule has 0 aromatic carbocycles. The Morgan fingerprint density at radius 2 is 2.26 bits per heavy atom. The number of nitrogens with zero attached hydrogens (tertiary/aromatic N) is 2. The van der Waals surface area contributed by atoms with E-state index in [0.29, 0.717) is 6.54 Å². The van der Waals surface area contributed by atoms with Gasteiger partial charge in [-0.1, -0.05) is 13.8 Å². The van der Waals surface area contributed by atoms with E-state index in [1.165, 1.54) is 12.8 Å². The van der Waals surface area contributed by atoms with Crippen molar-refractivity contribution in [1.29, 1.82) is 0 Å². The molecular formula is C14H28N2O3. The molecule has 0 spiro atoms. The molecule has 1 rings (SSSR count). The van der Waals surface area contributed by atoms with Gasteiger partial charge in [0.05, 0.1) is 19.3 Å². The Morgan fingerprint density at radius 3 is 2.89 bits per heavy atom. The van der Waals surface area contributed by atoms with Crippen LogP contribution in [0.15, 0.2) is 0 Å². The van der Waals surface area contributed by atoms with Crippen LogP contribution in [0.2, 0.25) is 0 Å². The Kier molecular flexibility index (Phi) is 7.34. The van der Waals surface area contributed by atoms with Gasteiger partial charge in [0, 0.05) is 19.6 Å². The zero-order valence-corrected chi connectivity index (χ0v) is 12.5. The minimum absolute atomic E-state index is 0.0766. The van der Waals surface area contributed by atoms with E-state index in [-0.39, 0.29) is 12.6 Å². The van der Waals surface area contributed by atoms with Crippen LogP contribution in [0.5, 0.6) is 0 Å². The van der Waals surface area contributed by atoms with Crippen molar-refractivity contribution < 1.29 is 14.6 Å². The first kappa shape index (κ1) is 16.4. The number of likely N-dealkylation sites (N-methyl/N-ethyl adjacent to an activating group) is 1. The molecule has 0 amide bonds. The molecule has 1 saturated heterocycles. The summed E-state index contributed by atoms with van der Waals surface area (Å²) in [5, 5.41) is 8.74. The van der Waals surface area contributed by atoms with Gasteiger partial charge < -0.3 is 9.84 Å². The lowest BCUT2D eigenvalue weighted by Crippen LogP contribution is -2.47. The molecule has 0 radical (unpaired) electrons. The summed E-state index contributed by atoms with van der Waals surface area (Å²) in [6.45, 7) is 9.07. The van der Waals surface area contributed by atoms with E-state index in [0.717, 1.165) is 32.2 Å². The molecule has 0 saturated carbocycles. The lowest BCUT2D eigenvalue weighted by atomic mass is 10.1. The maximum absolute atomic E-state index is 10.6. The predicted octanol–water partition coefficient (Wildman–Crippen LogP) is 1.14. The number of ether oxygens (including phenoxy) is 1. The molecular weight excluding hydrogens is 244 g/mol. The van der Waals surface area contributed by atoms with Gasteiger partial charge in [-0.05, 0) is 32.4 Å². The third kappa shape index (κ3) is 7.50. The summed E-state index contributed by atoms with van der Waals surface area (Å²) in [5.41, 5.74) is 0. The number of hydrogen-bond donors (Lipinski definition) is 1. The molecule has 19 heavy (non-hydrogen) atoms. The quantitative estimate of drug-likeness (QED) is 0.718. The van der Waals surface area contributed by atoms with Gasteiger partial charge in [-0.3, -0.25) is 14.6 Å². The van der Waals surface area contributed by atoms with Crippen LogP contribution in [0, 0.1) is 5.92 Å². The van der Waals surface area contributed by atoms with Gasteiger partial charge in [-0.25, -0.2) is 0 Å². The second-order valence-corrected chi connectivity index (χ2v) is 5.92. The summed E-state index contributed by atoms with van der Waals surface area (Å²) in [4.78, 5) is 14.9. The zero-order valence-electron chi connectivity index (χ0n) is 12.5. The molecule has 0 aliphatic carbocycles. The molecule has 1 heterocycles. The van der Waals surface area contributed by atoms with Crippen molar-refractivity contribution in [3.63, 3.8) is 0 Å². The summed E-state index contributed by atoms with van der Waals surface area (Å²) < 4.78 is 5.71. The summed E-state index contributed by atoms with van der Waals surface area (Å²) in [6, 6.07) is 0. The van der Waals surface area contributed by atoms with E-state index < -0.39 is 5.97 Å². The first-order valence-corrected chi connectivity index (χ1v) is 7.21. The monoisotopic (exact) mass is 272 g/mol. The minimum atomic E-state index is -0.785. The number of aliphatic carboxylic acids is 1. The van der Waals surface area contributed by atoms with Crippen molar-refractivity contribution in [3.8, 4) is 0 Å². The Labute approximate surface area is 116 Å². The first-order chi connectivity index (χ1) is 8.97. The molecule has 1 fully saturated rings. The Balaban J connectivity index is 2.23. The van der Waals surface area contributed by atoms with Crippen LogP contribution >= 0.6 is 0 Å². The fourth-order valence-electron chi connectivity index (χ4n) is 2.46. The van der Waals surface area contributed by atoms with Gasteiger partial charge >= 0.3 is 5.97 Å². The first-order valence-electron chi connectivity index (χ1n) is 7.21. The second-order valence-electron chi connectivity index (χ2n) is 5.92. The van der Waals surface area contributed by atoms with Crippen LogP contribution in [0.4, 0.5) is 0 Å². The number of carboxylic acid groups (broad SMARTS) is 1. The van der Waals surface area contributed by atoms with Crippen LogP contribution < -0.4 is 0 Å². The molecule has 1 aliphatic heterocycles. The van der Waals surface area contributed by atoms with Crippen molar-refractivity contribution in [2.24, 2.45) is 5.92 Å². The standard InChI is InChI=1S/C14H28N2O3/c1-12(2)5-4-6-16-7-8-19-13(10-16)9-15(3)11-14(17)18/h12-13H,4-11H2,1-3H3,(H,17,18). The third-order valence-electron chi connectivity index (χ3n) is 3.40. The maximum Gasteiger partial charge on any atom is 0.317 e. The molecule has 5 nitrogen and oxygen atoms in total. The number of carbonyl (C=O) groups is 1. The fourth-order valence-corrected chi connectivity index (χ4v) is 2.46. The minimum Gasteiger partial charge on any atom is -0.480 e. The maximum atomic E-state index is 10.6. The molecule has 1 N–H and O–H groups in total. The summed E-state index contributed by atoms with van der Waals surface area (Å²) in [5.74, 6) is -0.0226. The van der Waals surface area contributed by atoms with E-state index in [2.05, 4.69) is 18.7 Å². The van der Waals surface area contributed by atoms with Crippen molar-refractivity contribution in [3.05, 3.63) is 0 Å². The van der Waals surface area contributed by atoms with Crippen LogP contribution in [-0.4, -0.2) is 73.4 Å². The lowest BCUT2D eigenvalue weighted by molar-refractivity contribution is -0.138. The Hall–Kier alpha value is -0.650. The normalized spacial score (nSPS) is 21.2. The number of rotatable bonds is 8.